The Labute approximate surface area is 275 Å². The second-order valence-corrected chi connectivity index (χ2v) is 12.5. The Morgan fingerprint density at radius 3 is 2.06 bits per heavy atom. The standard InChI is InChI=1S/C43H25N5/c1-2-10-28(11-3-1)47-38-17-9-6-13-30(38)31-19-18-26(24-40(31)47)27-22-33-29-12-4-5-14-32(29)41-43(46-37-16-8-7-15-36(37)45-41)48-39-20-21-44-25-35(39)34(23-27)42(33)48/h1-25H. The predicted octanol–water partition coefficient (Wildman–Crippen LogP) is 10.5. The molecule has 48 heavy (non-hydrogen) atoms. The van der Waals surface area contributed by atoms with Gasteiger partial charge in [-0.2, -0.15) is 0 Å². The van der Waals surface area contributed by atoms with Gasteiger partial charge in [0, 0.05) is 50.8 Å². The minimum atomic E-state index is 0.840. The summed E-state index contributed by atoms with van der Waals surface area (Å²) in [6.45, 7) is 0. The van der Waals surface area contributed by atoms with Gasteiger partial charge in [-0.15, -0.1) is 0 Å². The van der Waals surface area contributed by atoms with Gasteiger partial charge in [0.1, 0.15) is 5.69 Å². The van der Waals surface area contributed by atoms with E-state index in [0.29, 0.717) is 0 Å². The maximum atomic E-state index is 5.27. The van der Waals surface area contributed by atoms with Crippen molar-refractivity contribution >= 4 is 54.6 Å². The molecule has 0 N–H and O–H groups in total. The Hall–Kier alpha value is -6.59. The highest BCUT2D eigenvalue weighted by Gasteiger charge is 2.27. The normalized spacial score (nSPS) is 12.2. The number of hydrogen-bond acceptors (Lipinski definition) is 3. The van der Waals surface area contributed by atoms with E-state index in [-0.39, 0.29) is 0 Å². The molecule has 222 valence electrons. The molecule has 5 heteroatoms. The molecular formula is C43H25N5. The summed E-state index contributed by atoms with van der Waals surface area (Å²) in [7, 11) is 0. The van der Waals surface area contributed by atoms with E-state index in [1.165, 1.54) is 21.8 Å². The van der Waals surface area contributed by atoms with Crippen molar-refractivity contribution in [3.05, 3.63) is 152 Å². The summed E-state index contributed by atoms with van der Waals surface area (Å²) in [4.78, 5) is 15.1. The minimum Gasteiger partial charge on any atom is -0.309 e. The van der Waals surface area contributed by atoms with E-state index in [9.17, 15) is 0 Å². The van der Waals surface area contributed by atoms with Gasteiger partial charge in [-0.1, -0.05) is 84.9 Å². The molecule has 0 aliphatic carbocycles. The lowest BCUT2D eigenvalue weighted by Gasteiger charge is -2.12. The Balaban J connectivity index is 1.26. The van der Waals surface area contributed by atoms with E-state index in [4.69, 9.17) is 9.97 Å². The molecule has 10 aromatic rings. The van der Waals surface area contributed by atoms with Crippen LogP contribution in [0.15, 0.2) is 152 Å². The van der Waals surface area contributed by atoms with Crippen LogP contribution in [0, 0.1) is 0 Å². The van der Waals surface area contributed by atoms with E-state index in [0.717, 1.165) is 77.9 Å². The maximum absolute atomic E-state index is 5.27. The third-order valence-corrected chi connectivity index (χ3v) is 9.92. The molecule has 11 rings (SSSR count). The number of aromatic nitrogens is 5. The third kappa shape index (κ3) is 3.42. The SMILES string of the molecule is c1ccc(-n2c3ccccc3c3ccc(-c4cc5c6c(c4)c4cnccc4n6-c4nc6ccccc6nc4-c4ccccc4-5)cc32)cc1. The van der Waals surface area contributed by atoms with Gasteiger partial charge < -0.3 is 4.57 Å². The molecule has 0 fully saturated rings. The van der Waals surface area contributed by atoms with Crippen LogP contribution in [0.1, 0.15) is 0 Å². The number of hydrogen-bond donors (Lipinski definition) is 0. The average molecular weight is 612 g/mol. The van der Waals surface area contributed by atoms with Crippen molar-refractivity contribution in [2.75, 3.05) is 0 Å². The lowest BCUT2D eigenvalue weighted by Crippen LogP contribution is -2.02. The Morgan fingerprint density at radius 1 is 0.438 bits per heavy atom. The summed E-state index contributed by atoms with van der Waals surface area (Å²) in [6, 6.07) is 49.7. The van der Waals surface area contributed by atoms with Gasteiger partial charge >= 0.3 is 0 Å². The Kier molecular flexibility index (Phi) is 5.05. The predicted molar refractivity (Wildman–Crippen MR) is 196 cm³/mol. The largest absolute Gasteiger partial charge is 0.309 e. The lowest BCUT2D eigenvalue weighted by atomic mass is 9.92. The van der Waals surface area contributed by atoms with E-state index in [1.54, 1.807) is 0 Å². The molecule has 0 bridgehead atoms. The van der Waals surface area contributed by atoms with Crippen LogP contribution in [-0.4, -0.2) is 24.1 Å². The summed E-state index contributed by atoms with van der Waals surface area (Å²) in [5.41, 5.74) is 14.0. The fourth-order valence-corrected chi connectivity index (χ4v) is 7.84. The number of para-hydroxylation sites is 4. The smallest absolute Gasteiger partial charge is 0.165 e. The minimum absolute atomic E-state index is 0.840. The number of benzene rings is 6. The summed E-state index contributed by atoms with van der Waals surface area (Å²) in [5.74, 6) is 0.840. The summed E-state index contributed by atoms with van der Waals surface area (Å²) in [5, 5.41) is 4.73. The molecule has 6 aromatic carbocycles. The fourth-order valence-electron chi connectivity index (χ4n) is 7.84. The third-order valence-electron chi connectivity index (χ3n) is 9.92. The van der Waals surface area contributed by atoms with Crippen molar-refractivity contribution < 1.29 is 0 Å². The Morgan fingerprint density at radius 2 is 1.17 bits per heavy atom. The van der Waals surface area contributed by atoms with Crippen LogP contribution < -0.4 is 0 Å². The highest BCUT2D eigenvalue weighted by molar-refractivity contribution is 6.18. The van der Waals surface area contributed by atoms with Crippen molar-refractivity contribution in [3.63, 3.8) is 0 Å². The van der Waals surface area contributed by atoms with Gasteiger partial charge in [0.25, 0.3) is 0 Å². The van der Waals surface area contributed by atoms with E-state index in [1.807, 2.05) is 36.7 Å². The molecule has 0 unspecified atom stereocenters. The van der Waals surface area contributed by atoms with Gasteiger partial charge in [0.15, 0.2) is 5.82 Å². The van der Waals surface area contributed by atoms with Crippen molar-refractivity contribution in [1.29, 1.82) is 0 Å². The van der Waals surface area contributed by atoms with E-state index >= 15 is 0 Å². The quantitative estimate of drug-likeness (QED) is 0.195. The van der Waals surface area contributed by atoms with E-state index in [2.05, 4.69) is 129 Å². The van der Waals surface area contributed by atoms with Crippen LogP contribution >= 0.6 is 0 Å². The average Bonchev–Trinajstić information content (AvgIpc) is 3.63. The second-order valence-electron chi connectivity index (χ2n) is 12.5. The first-order valence-corrected chi connectivity index (χ1v) is 16.2. The van der Waals surface area contributed by atoms with Gasteiger partial charge in [-0.05, 0) is 71.3 Å². The van der Waals surface area contributed by atoms with E-state index < -0.39 is 0 Å². The molecular weight excluding hydrogens is 587 g/mol. The van der Waals surface area contributed by atoms with Gasteiger partial charge in [-0.3, -0.25) is 9.55 Å². The zero-order valence-electron chi connectivity index (χ0n) is 25.7. The van der Waals surface area contributed by atoms with Crippen molar-refractivity contribution in [2.45, 2.75) is 0 Å². The van der Waals surface area contributed by atoms with Crippen molar-refractivity contribution in [1.82, 2.24) is 24.1 Å². The maximum Gasteiger partial charge on any atom is 0.165 e. The first-order chi connectivity index (χ1) is 23.8. The first kappa shape index (κ1) is 25.6. The highest BCUT2D eigenvalue weighted by atomic mass is 15.1. The van der Waals surface area contributed by atoms with Crippen LogP contribution in [0.4, 0.5) is 0 Å². The zero-order valence-corrected chi connectivity index (χ0v) is 25.7. The zero-order chi connectivity index (χ0) is 31.3. The first-order valence-electron chi connectivity index (χ1n) is 16.2. The molecule has 0 radical (unpaired) electrons. The van der Waals surface area contributed by atoms with Crippen molar-refractivity contribution in [3.8, 4) is 45.0 Å². The molecule has 1 aliphatic heterocycles. The Bertz CT molecular complexity index is 2950. The number of rotatable bonds is 2. The lowest BCUT2D eigenvalue weighted by molar-refractivity contribution is 1.08. The van der Waals surface area contributed by atoms with Crippen LogP contribution in [0.25, 0.3) is 99.7 Å². The molecule has 5 nitrogen and oxygen atoms in total. The molecule has 0 spiro atoms. The van der Waals surface area contributed by atoms with Crippen molar-refractivity contribution in [2.24, 2.45) is 0 Å². The number of fused-ring (bicyclic) bond motifs is 12. The highest BCUT2D eigenvalue weighted by Crippen LogP contribution is 2.47. The molecule has 4 aromatic heterocycles. The molecule has 5 heterocycles. The van der Waals surface area contributed by atoms with Crippen LogP contribution in [0.5, 0.6) is 0 Å². The molecule has 0 amide bonds. The second kappa shape index (κ2) is 9.47. The molecule has 0 atom stereocenters. The van der Waals surface area contributed by atoms with Crippen LogP contribution in [0.2, 0.25) is 0 Å². The number of nitrogens with zero attached hydrogens (tertiary/aromatic N) is 5. The van der Waals surface area contributed by atoms with Gasteiger partial charge in [-0.25, -0.2) is 9.97 Å². The molecule has 1 aliphatic rings. The van der Waals surface area contributed by atoms with Gasteiger partial charge in [0.05, 0.1) is 33.1 Å². The summed E-state index contributed by atoms with van der Waals surface area (Å²) < 4.78 is 4.68. The number of pyridine rings is 1. The fraction of sp³-hybridized carbons (Fsp3) is 0. The van der Waals surface area contributed by atoms with Crippen LogP contribution in [-0.2, 0) is 0 Å². The summed E-state index contributed by atoms with van der Waals surface area (Å²) >= 11 is 0. The van der Waals surface area contributed by atoms with Crippen LogP contribution in [0.3, 0.4) is 0 Å². The molecule has 0 saturated carbocycles. The topological polar surface area (TPSA) is 48.5 Å². The monoisotopic (exact) mass is 611 g/mol. The molecule has 0 saturated heterocycles. The summed E-state index contributed by atoms with van der Waals surface area (Å²) in [6.07, 6.45) is 3.85. The van der Waals surface area contributed by atoms with Gasteiger partial charge in [0.2, 0.25) is 0 Å².